The van der Waals surface area contributed by atoms with Gasteiger partial charge in [-0.25, -0.2) is 8.42 Å². The minimum atomic E-state index is -3.47. The van der Waals surface area contributed by atoms with Gasteiger partial charge >= 0.3 is 0 Å². The number of rotatable bonds is 4. The van der Waals surface area contributed by atoms with Crippen LogP contribution in [0.4, 0.5) is 0 Å². The summed E-state index contributed by atoms with van der Waals surface area (Å²) in [5, 5.41) is 6.21. The first-order valence-corrected chi connectivity index (χ1v) is 10.5. The van der Waals surface area contributed by atoms with E-state index in [1.807, 2.05) is 13.8 Å². The smallest absolute Gasteiger partial charge is 0.243 e. The Balaban J connectivity index is 0.00000261. The van der Waals surface area contributed by atoms with Crippen LogP contribution in [-0.4, -0.2) is 63.1 Å². The molecule has 2 aliphatic rings. The molecule has 1 aromatic carbocycles. The maximum Gasteiger partial charge on any atom is 0.243 e. The number of ether oxygens (including phenoxy) is 1. The lowest BCUT2D eigenvalue weighted by molar-refractivity contribution is -0.129. The molecule has 0 aliphatic carbocycles. The van der Waals surface area contributed by atoms with Crippen molar-refractivity contribution < 1.29 is 17.9 Å². The molecule has 9 heteroatoms. The number of aryl methyl sites for hydroxylation is 1. The molecule has 0 unspecified atom stereocenters. The number of carbonyl (C=O) groups is 1. The zero-order valence-corrected chi connectivity index (χ0v) is 17.3. The summed E-state index contributed by atoms with van der Waals surface area (Å²) < 4.78 is 32.5. The molecule has 0 aromatic heterocycles. The Hall–Kier alpha value is -1.19. The van der Waals surface area contributed by atoms with Crippen molar-refractivity contribution in [3.8, 4) is 0 Å². The van der Waals surface area contributed by atoms with Crippen molar-refractivity contribution in [2.24, 2.45) is 0 Å². The molecule has 2 heterocycles. The van der Waals surface area contributed by atoms with Crippen LogP contribution in [0.2, 0.25) is 0 Å². The van der Waals surface area contributed by atoms with Crippen LogP contribution in [0.25, 0.3) is 0 Å². The van der Waals surface area contributed by atoms with Crippen LogP contribution < -0.4 is 10.6 Å². The summed E-state index contributed by atoms with van der Waals surface area (Å²) in [4.78, 5) is 12.7. The fourth-order valence-corrected chi connectivity index (χ4v) is 4.89. The van der Waals surface area contributed by atoms with E-state index in [1.165, 1.54) is 4.31 Å². The number of hydrogen-bond acceptors (Lipinski definition) is 5. The lowest BCUT2D eigenvalue weighted by Gasteiger charge is -2.34. The third-order valence-corrected chi connectivity index (χ3v) is 6.97. The second-order valence-electron chi connectivity index (χ2n) is 7.01. The fourth-order valence-electron chi connectivity index (χ4n) is 3.42. The molecular formula is C18H28ClN3O4S. The van der Waals surface area contributed by atoms with Gasteiger partial charge in [-0.15, -0.1) is 12.4 Å². The van der Waals surface area contributed by atoms with Gasteiger partial charge in [-0.1, -0.05) is 17.7 Å². The molecule has 2 fully saturated rings. The number of carbonyl (C=O) groups excluding carboxylic acids is 1. The van der Waals surface area contributed by atoms with Crippen LogP contribution in [0, 0.1) is 6.92 Å². The van der Waals surface area contributed by atoms with E-state index in [9.17, 15) is 13.2 Å². The number of benzene rings is 1. The predicted molar refractivity (Wildman–Crippen MR) is 106 cm³/mol. The Labute approximate surface area is 167 Å². The third-order valence-electron chi connectivity index (χ3n) is 5.06. The summed E-state index contributed by atoms with van der Waals surface area (Å²) >= 11 is 0. The van der Waals surface area contributed by atoms with Crippen molar-refractivity contribution in [3.05, 3.63) is 29.8 Å². The van der Waals surface area contributed by atoms with Crippen molar-refractivity contribution in [2.75, 3.05) is 26.2 Å². The average Bonchev–Trinajstić information content (AvgIpc) is 2.63. The quantitative estimate of drug-likeness (QED) is 0.764. The van der Waals surface area contributed by atoms with E-state index >= 15 is 0 Å². The van der Waals surface area contributed by atoms with Crippen LogP contribution >= 0.6 is 12.4 Å². The fraction of sp³-hybridized carbons (Fsp3) is 0.611. The normalized spacial score (nSPS) is 24.8. The predicted octanol–water partition coefficient (Wildman–Crippen LogP) is 1.06. The van der Waals surface area contributed by atoms with Gasteiger partial charge in [0.05, 0.1) is 17.6 Å². The average molecular weight is 418 g/mol. The Bertz CT molecular complexity index is 733. The molecule has 2 N–H and O–H groups in total. The highest BCUT2D eigenvalue weighted by atomic mass is 35.5. The van der Waals surface area contributed by atoms with E-state index in [4.69, 9.17) is 4.74 Å². The minimum absolute atomic E-state index is 0. The van der Waals surface area contributed by atoms with Gasteiger partial charge in [-0.2, -0.15) is 4.31 Å². The van der Waals surface area contributed by atoms with Crippen LogP contribution in [0.5, 0.6) is 0 Å². The van der Waals surface area contributed by atoms with Crippen LogP contribution in [0.15, 0.2) is 29.2 Å². The zero-order valence-electron chi connectivity index (χ0n) is 15.7. The molecule has 7 nitrogen and oxygen atoms in total. The topological polar surface area (TPSA) is 87.7 Å². The van der Waals surface area contributed by atoms with Crippen molar-refractivity contribution >= 4 is 28.3 Å². The number of piperidine rings is 1. The lowest BCUT2D eigenvalue weighted by atomic mass is 10.0. The minimum Gasteiger partial charge on any atom is -0.375 e. The van der Waals surface area contributed by atoms with Gasteiger partial charge in [-0.05, 0) is 38.8 Å². The summed E-state index contributed by atoms with van der Waals surface area (Å²) in [6.07, 6.45) is 1.06. The highest BCUT2D eigenvalue weighted by molar-refractivity contribution is 7.89. The summed E-state index contributed by atoms with van der Waals surface area (Å²) in [5.41, 5.74) is 1.03. The number of amides is 1. The first kappa shape index (κ1) is 22.1. The van der Waals surface area contributed by atoms with E-state index in [1.54, 1.807) is 24.3 Å². The van der Waals surface area contributed by atoms with Crippen molar-refractivity contribution in [1.82, 2.24) is 14.9 Å². The van der Waals surface area contributed by atoms with Crippen LogP contribution in [0.1, 0.15) is 25.3 Å². The monoisotopic (exact) mass is 417 g/mol. The molecular weight excluding hydrogens is 390 g/mol. The number of halogens is 1. The molecule has 152 valence electrons. The Kier molecular flexibility index (Phi) is 7.64. The second-order valence-corrected chi connectivity index (χ2v) is 8.95. The van der Waals surface area contributed by atoms with Crippen LogP contribution in [-0.2, 0) is 19.6 Å². The van der Waals surface area contributed by atoms with Gasteiger partial charge in [-0.3, -0.25) is 4.79 Å². The van der Waals surface area contributed by atoms with Gasteiger partial charge in [0.1, 0.15) is 6.04 Å². The van der Waals surface area contributed by atoms with E-state index < -0.39 is 10.0 Å². The standard InChI is InChI=1S/C18H27N3O4S.ClH/c1-13-3-5-16(6-4-13)26(23,24)21-10-7-15(8-11-21)20-18(22)17-14(2)25-12-9-19-17;/h3-6,14-15,17,19H,7-12H2,1-2H3,(H,20,22);1H/t14-,17+;/m1./s1. The molecule has 0 saturated carbocycles. The molecule has 0 radical (unpaired) electrons. The largest absolute Gasteiger partial charge is 0.375 e. The van der Waals surface area contributed by atoms with E-state index in [2.05, 4.69) is 10.6 Å². The maximum absolute atomic E-state index is 12.7. The lowest BCUT2D eigenvalue weighted by Crippen LogP contribution is -2.58. The number of sulfonamides is 1. The molecule has 3 rings (SSSR count). The first-order chi connectivity index (χ1) is 12.4. The second kappa shape index (κ2) is 9.34. The van der Waals surface area contributed by atoms with Crippen molar-refractivity contribution in [1.29, 1.82) is 0 Å². The number of nitrogens with zero attached hydrogens (tertiary/aromatic N) is 1. The molecule has 2 aliphatic heterocycles. The highest BCUT2D eigenvalue weighted by Gasteiger charge is 2.33. The summed E-state index contributed by atoms with van der Waals surface area (Å²) in [7, 11) is -3.47. The Morgan fingerprint density at radius 1 is 1.22 bits per heavy atom. The van der Waals surface area contributed by atoms with E-state index in [-0.39, 0.29) is 36.5 Å². The molecule has 1 amide bonds. The SMILES string of the molecule is Cc1ccc(S(=O)(=O)N2CCC(NC(=O)[C@H]3NCCO[C@@H]3C)CC2)cc1.Cl. The van der Waals surface area contributed by atoms with Gasteiger partial charge < -0.3 is 15.4 Å². The Morgan fingerprint density at radius 2 is 1.85 bits per heavy atom. The zero-order chi connectivity index (χ0) is 18.7. The number of hydrogen-bond donors (Lipinski definition) is 2. The number of nitrogens with one attached hydrogen (secondary N) is 2. The molecule has 0 bridgehead atoms. The highest BCUT2D eigenvalue weighted by Crippen LogP contribution is 2.21. The maximum atomic E-state index is 12.7. The van der Waals surface area contributed by atoms with Crippen LogP contribution in [0.3, 0.4) is 0 Å². The van der Waals surface area contributed by atoms with E-state index in [0.717, 1.165) is 5.56 Å². The van der Waals surface area contributed by atoms with Gasteiger partial charge in [0.15, 0.2) is 0 Å². The third kappa shape index (κ3) is 5.20. The van der Waals surface area contributed by atoms with E-state index in [0.29, 0.717) is 44.0 Å². The van der Waals surface area contributed by atoms with Crippen molar-refractivity contribution in [3.63, 3.8) is 0 Å². The Morgan fingerprint density at radius 3 is 2.44 bits per heavy atom. The number of morpholine rings is 1. The molecule has 0 spiro atoms. The van der Waals surface area contributed by atoms with Crippen molar-refractivity contribution in [2.45, 2.75) is 49.8 Å². The summed E-state index contributed by atoms with van der Waals surface area (Å²) in [5.74, 6) is -0.0722. The van der Waals surface area contributed by atoms with Gasteiger partial charge in [0, 0.05) is 25.7 Å². The first-order valence-electron chi connectivity index (χ1n) is 9.10. The molecule has 1 aromatic rings. The summed E-state index contributed by atoms with van der Waals surface area (Å²) in [6, 6.07) is 6.55. The molecule has 2 atom stereocenters. The van der Waals surface area contributed by atoms with Gasteiger partial charge in [0.2, 0.25) is 15.9 Å². The summed E-state index contributed by atoms with van der Waals surface area (Å²) in [6.45, 7) is 5.90. The molecule has 2 saturated heterocycles. The molecule has 27 heavy (non-hydrogen) atoms. The van der Waals surface area contributed by atoms with Gasteiger partial charge in [0.25, 0.3) is 0 Å².